The lowest BCUT2D eigenvalue weighted by molar-refractivity contribution is -0.144. The normalized spacial score (nSPS) is 12.2. The topological polar surface area (TPSA) is 46.5 Å². The van der Waals surface area contributed by atoms with E-state index in [2.05, 4.69) is 0 Å². The van der Waals surface area contributed by atoms with Gasteiger partial charge in [-0.25, -0.2) is 4.79 Å². The number of benzene rings is 1. The van der Waals surface area contributed by atoms with Gasteiger partial charge in [0, 0.05) is 11.1 Å². The summed E-state index contributed by atoms with van der Waals surface area (Å²) in [6, 6.07) is 4.62. The largest absolute Gasteiger partial charge is 0.479 e. The van der Waals surface area contributed by atoms with Crippen LogP contribution in [0.3, 0.4) is 0 Å². The predicted molar refractivity (Wildman–Crippen MR) is 54.2 cm³/mol. The average molecular weight is 235 g/mol. The van der Waals surface area contributed by atoms with E-state index >= 15 is 0 Å². The molecule has 76 valence electrons. The van der Waals surface area contributed by atoms with E-state index in [-0.39, 0.29) is 5.75 Å². The molecule has 0 amide bonds. The average Bonchev–Trinajstić information content (AvgIpc) is 2.11. The van der Waals surface area contributed by atoms with Crippen molar-refractivity contribution >= 4 is 29.2 Å². The summed E-state index contributed by atoms with van der Waals surface area (Å²) < 4.78 is 5.07. The Hall–Kier alpha value is -0.930. The molecule has 0 radical (unpaired) electrons. The van der Waals surface area contributed by atoms with Crippen molar-refractivity contribution in [2.45, 2.75) is 13.0 Å². The molecule has 0 saturated carbocycles. The maximum absolute atomic E-state index is 10.5. The van der Waals surface area contributed by atoms with Gasteiger partial charge in [0.05, 0.1) is 5.02 Å². The molecule has 0 saturated heterocycles. The van der Waals surface area contributed by atoms with Crippen molar-refractivity contribution in [3.63, 3.8) is 0 Å². The molecule has 0 bridgehead atoms. The number of rotatable bonds is 3. The second kappa shape index (κ2) is 4.53. The fourth-order valence-corrected chi connectivity index (χ4v) is 1.13. The minimum atomic E-state index is -1.05. The summed E-state index contributed by atoms with van der Waals surface area (Å²) in [6.07, 6.45) is -0.953. The Balaban J connectivity index is 2.85. The SMILES string of the molecule is CC(Oc1cc(Cl)ccc1Cl)C(=O)O. The van der Waals surface area contributed by atoms with Gasteiger partial charge in [-0.1, -0.05) is 23.2 Å². The van der Waals surface area contributed by atoms with E-state index in [1.165, 1.54) is 13.0 Å². The third-order valence-electron chi connectivity index (χ3n) is 1.54. The van der Waals surface area contributed by atoms with Crippen LogP contribution in [0.4, 0.5) is 0 Å². The zero-order valence-corrected chi connectivity index (χ0v) is 8.84. The Morgan fingerprint density at radius 1 is 1.50 bits per heavy atom. The van der Waals surface area contributed by atoms with Crippen LogP contribution in [0.2, 0.25) is 10.0 Å². The molecular formula is C9H8Cl2O3. The summed E-state index contributed by atoms with van der Waals surface area (Å²) in [5, 5.41) is 9.38. The van der Waals surface area contributed by atoms with E-state index < -0.39 is 12.1 Å². The second-order valence-corrected chi connectivity index (χ2v) is 3.52. The van der Waals surface area contributed by atoms with Crippen molar-refractivity contribution in [3.05, 3.63) is 28.2 Å². The highest BCUT2D eigenvalue weighted by atomic mass is 35.5. The molecule has 14 heavy (non-hydrogen) atoms. The fourth-order valence-electron chi connectivity index (χ4n) is 0.808. The Morgan fingerprint density at radius 2 is 2.14 bits per heavy atom. The smallest absolute Gasteiger partial charge is 0.344 e. The first-order chi connectivity index (χ1) is 6.50. The molecule has 0 fully saturated rings. The molecule has 0 spiro atoms. The molecule has 1 atom stereocenters. The van der Waals surface area contributed by atoms with Crippen LogP contribution in [0.25, 0.3) is 0 Å². The lowest BCUT2D eigenvalue weighted by Gasteiger charge is -2.11. The van der Waals surface area contributed by atoms with E-state index in [0.29, 0.717) is 10.0 Å². The van der Waals surface area contributed by atoms with Gasteiger partial charge in [0.15, 0.2) is 6.10 Å². The van der Waals surface area contributed by atoms with Gasteiger partial charge in [-0.05, 0) is 19.1 Å². The van der Waals surface area contributed by atoms with Crippen molar-refractivity contribution in [1.29, 1.82) is 0 Å². The zero-order valence-electron chi connectivity index (χ0n) is 7.33. The Kier molecular flexibility index (Phi) is 3.61. The van der Waals surface area contributed by atoms with Gasteiger partial charge in [-0.3, -0.25) is 0 Å². The van der Waals surface area contributed by atoms with E-state index in [1.54, 1.807) is 12.1 Å². The van der Waals surface area contributed by atoms with Gasteiger partial charge < -0.3 is 9.84 Å². The third-order valence-corrected chi connectivity index (χ3v) is 2.09. The highest BCUT2D eigenvalue weighted by Gasteiger charge is 2.14. The number of aliphatic carboxylic acids is 1. The molecule has 0 aliphatic rings. The molecule has 0 aliphatic heterocycles. The molecule has 1 N–H and O–H groups in total. The van der Waals surface area contributed by atoms with Crippen LogP contribution in [-0.2, 0) is 4.79 Å². The zero-order chi connectivity index (χ0) is 10.7. The number of carbonyl (C=O) groups is 1. The highest BCUT2D eigenvalue weighted by Crippen LogP contribution is 2.28. The van der Waals surface area contributed by atoms with Gasteiger partial charge in [0.25, 0.3) is 0 Å². The Morgan fingerprint density at radius 3 is 2.71 bits per heavy atom. The maximum Gasteiger partial charge on any atom is 0.344 e. The standard InChI is InChI=1S/C9H8Cl2O3/c1-5(9(12)13)14-8-4-6(10)2-3-7(8)11/h2-5H,1H3,(H,12,13). The van der Waals surface area contributed by atoms with Crippen LogP contribution in [-0.4, -0.2) is 17.2 Å². The van der Waals surface area contributed by atoms with E-state index in [0.717, 1.165) is 0 Å². The van der Waals surface area contributed by atoms with E-state index in [9.17, 15) is 4.79 Å². The minimum Gasteiger partial charge on any atom is -0.479 e. The summed E-state index contributed by atoms with van der Waals surface area (Å²) in [5.41, 5.74) is 0. The molecule has 0 aliphatic carbocycles. The van der Waals surface area contributed by atoms with Crippen LogP contribution < -0.4 is 4.74 Å². The van der Waals surface area contributed by atoms with Crippen molar-refractivity contribution < 1.29 is 14.6 Å². The molecule has 0 aromatic heterocycles. The molecule has 1 aromatic rings. The van der Waals surface area contributed by atoms with Crippen molar-refractivity contribution in [1.82, 2.24) is 0 Å². The van der Waals surface area contributed by atoms with Crippen LogP contribution in [0.5, 0.6) is 5.75 Å². The first kappa shape index (κ1) is 11.1. The molecular weight excluding hydrogens is 227 g/mol. The summed E-state index contributed by atoms with van der Waals surface area (Å²) in [5.74, 6) is -0.782. The van der Waals surface area contributed by atoms with Crippen LogP contribution in [0, 0.1) is 0 Å². The van der Waals surface area contributed by atoms with Crippen LogP contribution in [0.15, 0.2) is 18.2 Å². The Bertz CT molecular complexity index is 352. The molecule has 5 heteroatoms. The van der Waals surface area contributed by atoms with Gasteiger partial charge in [-0.15, -0.1) is 0 Å². The quantitative estimate of drug-likeness (QED) is 0.876. The molecule has 1 rings (SSSR count). The van der Waals surface area contributed by atoms with Gasteiger partial charge in [-0.2, -0.15) is 0 Å². The Labute approximate surface area is 91.2 Å². The fraction of sp³-hybridized carbons (Fsp3) is 0.222. The number of carboxylic acids is 1. The number of hydrogen-bond donors (Lipinski definition) is 1. The molecule has 1 unspecified atom stereocenters. The number of carboxylic acid groups (broad SMARTS) is 1. The molecule has 0 heterocycles. The molecule has 3 nitrogen and oxygen atoms in total. The summed E-state index contributed by atoms with van der Waals surface area (Å²) in [4.78, 5) is 10.5. The van der Waals surface area contributed by atoms with Crippen molar-refractivity contribution in [2.24, 2.45) is 0 Å². The molecule has 1 aromatic carbocycles. The lowest BCUT2D eigenvalue weighted by atomic mass is 10.3. The lowest BCUT2D eigenvalue weighted by Crippen LogP contribution is -2.22. The first-order valence-electron chi connectivity index (χ1n) is 3.85. The number of halogens is 2. The van der Waals surface area contributed by atoms with E-state index in [4.69, 9.17) is 33.0 Å². The minimum absolute atomic E-state index is 0.272. The number of hydrogen-bond acceptors (Lipinski definition) is 2. The van der Waals surface area contributed by atoms with Gasteiger partial charge in [0.1, 0.15) is 5.75 Å². The van der Waals surface area contributed by atoms with Crippen molar-refractivity contribution in [2.75, 3.05) is 0 Å². The second-order valence-electron chi connectivity index (χ2n) is 2.67. The van der Waals surface area contributed by atoms with Gasteiger partial charge in [0.2, 0.25) is 0 Å². The summed E-state index contributed by atoms with van der Waals surface area (Å²) in [6.45, 7) is 1.42. The van der Waals surface area contributed by atoms with Crippen LogP contribution in [0.1, 0.15) is 6.92 Å². The first-order valence-corrected chi connectivity index (χ1v) is 4.61. The third kappa shape index (κ3) is 2.79. The highest BCUT2D eigenvalue weighted by molar-refractivity contribution is 6.34. The van der Waals surface area contributed by atoms with Crippen molar-refractivity contribution in [3.8, 4) is 5.75 Å². The summed E-state index contributed by atoms with van der Waals surface area (Å²) >= 11 is 11.5. The maximum atomic E-state index is 10.5. The number of ether oxygens (including phenoxy) is 1. The van der Waals surface area contributed by atoms with E-state index in [1.807, 2.05) is 0 Å². The van der Waals surface area contributed by atoms with Crippen LogP contribution >= 0.6 is 23.2 Å². The summed E-state index contributed by atoms with van der Waals surface area (Å²) in [7, 11) is 0. The van der Waals surface area contributed by atoms with Gasteiger partial charge >= 0.3 is 5.97 Å². The monoisotopic (exact) mass is 234 g/mol. The predicted octanol–water partition coefficient (Wildman–Crippen LogP) is 2.85.